The van der Waals surface area contributed by atoms with Gasteiger partial charge in [0.05, 0.1) is 0 Å². The summed E-state index contributed by atoms with van der Waals surface area (Å²) in [6.07, 6.45) is 6.01. The van der Waals surface area contributed by atoms with Gasteiger partial charge in [0, 0.05) is 17.1 Å². The van der Waals surface area contributed by atoms with Crippen LogP contribution in [0.25, 0.3) is 0 Å². The minimum absolute atomic E-state index is 0.846. The lowest BCUT2D eigenvalue weighted by Crippen LogP contribution is -1.80. The molecule has 0 spiro atoms. The average molecular weight is 176 g/mol. The lowest BCUT2D eigenvalue weighted by Gasteiger charge is -2.02. The number of aryl methyl sites for hydroxylation is 1. The largest absolute Gasteiger partial charge is 0.125 e. The molecular weight excluding hydrogens is 164 g/mol. The van der Waals surface area contributed by atoms with Crippen molar-refractivity contribution < 1.29 is 0 Å². The maximum Gasteiger partial charge on any atom is 0.0180 e. The molecule has 0 atom stereocenters. The first kappa shape index (κ1) is 9.22. The maximum absolute atomic E-state index is 5.17. The van der Waals surface area contributed by atoms with Gasteiger partial charge in [0.1, 0.15) is 0 Å². The third kappa shape index (κ3) is 2.64. The maximum atomic E-state index is 5.17. The van der Waals surface area contributed by atoms with Crippen molar-refractivity contribution in [2.24, 2.45) is 0 Å². The van der Waals surface area contributed by atoms with Gasteiger partial charge in [-0.05, 0) is 18.6 Å². The molecule has 0 aliphatic carbocycles. The van der Waals surface area contributed by atoms with Crippen LogP contribution in [0.3, 0.4) is 0 Å². The van der Waals surface area contributed by atoms with E-state index < -0.39 is 0 Å². The molecule has 0 heterocycles. The van der Waals surface area contributed by atoms with Crippen LogP contribution in [0.1, 0.15) is 12.0 Å². The Hall–Kier alpha value is -0.870. The van der Waals surface area contributed by atoms with Crippen molar-refractivity contribution in [1.29, 1.82) is 0 Å². The van der Waals surface area contributed by atoms with E-state index in [-0.39, 0.29) is 0 Å². The lowest BCUT2D eigenvalue weighted by atomic mass is 10.2. The summed E-state index contributed by atoms with van der Waals surface area (Å²) in [4.78, 5) is 1.34. The van der Waals surface area contributed by atoms with Crippen LogP contribution < -0.4 is 0 Å². The Balaban J connectivity index is 2.53. The van der Waals surface area contributed by atoms with Crippen molar-refractivity contribution in [2.75, 3.05) is 5.75 Å². The highest BCUT2D eigenvalue weighted by Gasteiger charge is 1.95. The molecular formula is C11H12S. The topological polar surface area (TPSA) is 0 Å². The van der Waals surface area contributed by atoms with Gasteiger partial charge in [-0.1, -0.05) is 18.2 Å². The zero-order valence-electron chi connectivity index (χ0n) is 7.21. The molecule has 0 saturated carbocycles. The Labute approximate surface area is 78.4 Å². The Morgan fingerprint density at radius 3 is 2.83 bits per heavy atom. The number of rotatable bonds is 3. The summed E-state index contributed by atoms with van der Waals surface area (Å²) in [5, 5.41) is 0. The summed E-state index contributed by atoms with van der Waals surface area (Å²) in [6, 6.07) is 8.38. The molecule has 0 amide bonds. The number of thioether (sulfide) groups is 1. The monoisotopic (exact) mass is 176 g/mol. The molecule has 0 fully saturated rings. The van der Waals surface area contributed by atoms with Crippen molar-refractivity contribution in [3.8, 4) is 12.3 Å². The minimum Gasteiger partial charge on any atom is -0.125 e. The van der Waals surface area contributed by atoms with Crippen molar-refractivity contribution in [2.45, 2.75) is 18.2 Å². The predicted molar refractivity (Wildman–Crippen MR) is 55.4 cm³/mol. The first-order chi connectivity index (χ1) is 5.84. The van der Waals surface area contributed by atoms with E-state index >= 15 is 0 Å². The molecule has 0 aliphatic heterocycles. The number of hydrogen-bond donors (Lipinski definition) is 0. The molecule has 1 aromatic rings. The van der Waals surface area contributed by atoms with E-state index in [1.54, 1.807) is 0 Å². The van der Waals surface area contributed by atoms with Gasteiger partial charge in [-0.15, -0.1) is 24.1 Å². The summed E-state index contributed by atoms with van der Waals surface area (Å²) in [5.74, 6) is 3.65. The summed E-state index contributed by atoms with van der Waals surface area (Å²) in [7, 11) is 0. The summed E-state index contributed by atoms with van der Waals surface area (Å²) in [6.45, 7) is 2.12. The van der Waals surface area contributed by atoms with Gasteiger partial charge in [0.25, 0.3) is 0 Å². The molecule has 12 heavy (non-hydrogen) atoms. The van der Waals surface area contributed by atoms with Gasteiger partial charge < -0.3 is 0 Å². The molecule has 62 valence electrons. The summed E-state index contributed by atoms with van der Waals surface area (Å²) in [5.41, 5.74) is 1.33. The SMILES string of the molecule is C#CCCSc1ccccc1C. The van der Waals surface area contributed by atoms with Crippen molar-refractivity contribution in [1.82, 2.24) is 0 Å². The second kappa shape index (κ2) is 4.90. The second-order valence-corrected chi connectivity index (χ2v) is 3.70. The Morgan fingerprint density at radius 1 is 1.42 bits per heavy atom. The van der Waals surface area contributed by atoms with Crippen LogP contribution in [0.4, 0.5) is 0 Å². The zero-order valence-corrected chi connectivity index (χ0v) is 8.03. The van der Waals surface area contributed by atoms with Crippen LogP contribution in [0.15, 0.2) is 29.2 Å². The van der Waals surface area contributed by atoms with Crippen molar-refractivity contribution in [3.05, 3.63) is 29.8 Å². The first-order valence-electron chi connectivity index (χ1n) is 3.96. The highest BCUT2D eigenvalue weighted by atomic mass is 32.2. The molecule has 0 saturated heterocycles. The van der Waals surface area contributed by atoms with E-state index in [1.807, 2.05) is 11.8 Å². The summed E-state index contributed by atoms with van der Waals surface area (Å²) >= 11 is 1.83. The van der Waals surface area contributed by atoms with Crippen LogP contribution in [-0.4, -0.2) is 5.75 Å². The lowest BCUT2D eigenvalue weighted by molar-refractivity contribution is 1.26. The molecule has 0 N–H and O–H groups in total. The molecule has 0 bridgehead atoms. The fourth-order valence-electron chi connectivity index (χ4n) is 0.938. The molecule has 1 heteroatoms. The fourth-order valence-corrected chi connectivity index (χ4v) is 1.85. The van der Waals surface area contributed by atoms with Gasteiger partial charge in [-0.3, -0.25) is 0 Å². The number of terminal acetylenes is 1. The van der Waals surface area contributed by atoms with Gasteiger partial charge in [-0.25, -0.2) is 0 Å². The van der Waals surface area contributed by atoms with Gasteiger partial charge in [0.2, 0.25) is 0 Å². The smallest absolute Gasteiger partial charge is 0.0180 e. The Kier molecular flexibility index (Phi) is 3.76. The van der Waals surface area contributed by atoms with Crippen molar-refractivity contribution in [3.63, 3.8) is 0 Å². The molecule has 0 aliphatic rings. The van der Waals surface area contributed by atoms with E-state index in [0.717, 1.165) is 12.2 Å². The molecule has 1 aromatic carbocycles. The summed E-state index contributed by atoms with van der Waals surface area (Å²) < 4.78 is 0. The van der Waals surface area contributed by atoms with E-state index in [4.69, 9.17) is 6.42 Å². The van der Waals surface area contributed by atoms with Gasteiger partial charge >= 0.3 is 0 Å². The van der Waals surface area contributed by atoms with Crippen LogP contribution in [0, 0.1) is 19.3 Å². The predicted octanol–water partition coefficient (Wildman–Crippen LogP) is 3.11. The van der Waals surface area contributed by atoms with E-state index in [2.05, 4.69) is 37.1 Å². The highest BCUT2D eigenvalue weighted by molar-refractivity contribution is 7.99. The molecule has 0 aromatic heterocycles. The Morgan fingerprint density at radius 2 is 2.17 bits per heavy atom. The third-order valence-electron chi connectivity index (χ3n) is 1.60. The van der Waals surface area contributed by atoms with E-state index in [9.17, 15) is 0 Å². The van der Waals surface area contributed by atoms with Crippen LogP contribution in [-0.2, 0) is 0 Å². The van der Waals surface area contributed by atoms with Gasteiger partial charge in [-0.2, -0.15) is 0 Å². The zero-order chi connectivity index (χ0) is 8.81. The quantitative estimate of drug-likeness (QED) is 0.387. The molecule has 0 unspecified atom stereocenters. The molecule has 1 rings (SSSR count). The number of benzene rings is 1. The standard InChI is InChI=1S/C11H12S/c1-3-4-9-12-11-8-6-5-7-10(11)2/h1,5-8H,4,9H2,2H3. The van der Waals surface area contributed by atoms with Crippen LogP contribution in [0.5, 0.6) is 0 Å². The minimum atomic E-state index is 0.846. The normalized spacial score (nSPS) is 9.33. The first-order valence-corrected chi connectivity index (χ1v) is 4.95. The Bertz CT molecular complexity index is 283. The van der Waals surface area contributed by atoms with E-state index in [1.165, 1.54) is 10.5 Å². The van der Waals surface area contributed by atoms with Crippen molar-refractivity contribution >= 4 is 11.8 Å². The molecule has 0 radical (unpaired) electrons. The van der Waals surface area contributed by atoms with Crippen LogP contribution in [0.2, 0.25) is 0 Å². The molecule has 0 nitrogen and oxygen atoms in total. The third-order valence-corrected chi connectivity index (χ3v) is 2.77. The number of hydrogen-bond acceptors (Lipinski definition) is 1. The fraction of sp³-hybridized carbons (Fsp3) is 0.273. The average Bonchev–Trinajstić information content (AvgIpc) is 2.09. The second-order valence-electron chi connectivity index (χ2n) is 2.57. The highest BCUT2D eigenvalue weighted by Crippen LogP contribution is 2.21. The van der Waals surface area contributed by atoms with Crippen LogP contribution >= 0.6 is 11.8 Å². The van der Waals surface area contributed by atoms with Gasteiger partial charge in [0.15, 0.2) is 0 Å². The van der Waals surface area contributed by atoms with E-state index in [0.29, 0.717) is 0 Å².